The topological polar surface area (TPSA) is 143 Å². The van der Waals surface area contributed by atoms with Crippen LogP contribution in [0.25, 0.3) is 10.9 Å². The maximum Gasteiger partial charge on any atom is 0.327 e. The van der Waals surface area contributed by atoms with Crippen LogP contribution in [0.3, 0.4) is 0 Å². The number of ether oxygens (including phenoxy) is 5. The van der Waals surface area contributed by atoms with Crippen LogP contribution < -0.4 is 24.5 Å². The first-order valence-corrected chi connectivity index (χ1v) is 12.0. The average Bonchev–Trinajstić information content (AvgIpc) is 3.64. The van der Waals surface area contributed by atoms with E-state index >= 15 is 0 Å². The lowest BCUT2D eigenvalue weighted by Gasteiger charge is -2.22. The number of aromatic nitrogens is 5. The third kappa shape index (κ3) is 4.83. The van der Waals surface area contributed by atoms with Gasteiger partial charge < -0.3 is 28.7 Å². The van der Waals surface area contributed by atoms with Gasteiger partial charge in [-0.05, 0) is 47.2 Å². The Bertz CT molecular complexity index is 1570. The van der Waals surface area contributed by atoms with E-state index < -0.39 is 5.97 Å². The Hall–Kier alpha value is -4.65. The molecule has 2 aliphatic heterocycles. The van der Waals surface area contributed by atoms with Gasteiger partial charge in [0.1, 0.15) is 6.54 Å². The van der Waals surface area contributed by atoms with Crippen molar-refractivity contribution in [3.8, 4) is 23.0 Å². The second-order valence-electron chi connectivity index (χ2n) is 8.81. The number of benzene rings is 2. The van der Waals surface area contributed by atoms with E-state index in [0.29, 0.717) is 46.4 Å². The molecule has 4 heterocycles. The molecule has 196 valence electrons. The molecule has 1 N–H and O–H groups in total. The highest BCUT2D eigenvalue weighted by atomic mass is 16.7. The number of carbonyl (C=O) groups is 1. The lowest BCUT2D eigenvalue weighted by molar-refractivity contribution is -0.144. The number of rotatable bonds is 9. The molecule has 2 aliphatic rings. The van der Waals surface area contributed by atoms with E-state index in [4.69, 9.17) is 23.7 Å². The Morgan fingerprint density at radius 2 is 1.76 bits per heavy atom. The van der Waals surface area contributed by atoms with Crippen molar-refractivity contribution >= 4 is 16.9 Å². The van der Waals surface area contributed by atoms with E-state index in [9.17, 15) is 9.59 Å². The van der Waals surface area contributed by atoms with Crippen molar-refractivity contribution in [2.24, 2.45) is 0 Å². The Morgan fingerprint density at radius 3 is 2.58 bits per heavy atom. The monoisotopic (exact) mass is 520 g/mol. The van der Waals surface area contributed by atoms with Gasteiger partial charge in [-0.1, -0.05) is 6.07 Å². The third-order valence-electron chi connectivity index (χ3n) is 6.21. The normalized spacial score (nSPS) is 13.4. The number of nitrogens with one attached hydrogen (secondary N) is 1. The summed E-state index contributed by atoms with van der Waals surface area (Å²) in [6.45, 7) is 3.19. The van der Waals surface area contributed by atoms with Crippen LogP contribution in [0.4, 0.5) is 0 Å². The lowest BCUT2D eigenvalue weighted by atomic mass is 10.1. The standard InChI is InChI=1S/C25H24N6O7/c1-2-34-24(32)12-31-23(27-28-29-31)11-30(9-15-3-4-19-20(5-15)36-13-35-19)10-17-6-16-7-21-22(38-14-37-21)8-18(16)26-25(17)33/h3-8H,2,9-14H2,1H3,(H,26,33). The van der Waals surface area contributed by atoms with Crippen molar-refractivity contribution in [3.63, 3.8) is 0 Å². The highest BCUT2D eigenvalue weighted by molar-refractivity contribution is 5.83. The van der Waals surface area contributed by atoms with Crippen LogP contribution in [0.2, 0.25) is 0 Å². The number of nitrogens with zero attached hydrogens (tertiary/aromatic N) is 5. The van der Waals surface area contributed by atoms with Crippen molar-refractivity contribution in [2.45, 2.75) is 33.1 Å². The summed E-state index contributed by atoms with van der Waals surface area (Å²) in [5.74, 6) is 2.59. The summed E-state index contributed by atoms with van der Waals surface area (Å²) in [5, 5.41) is 12.6. The zero-order valence-electron chi connectivity index (χ0n) is 20.5. The second kappa shape index (κ2) is 10.0. The molecule has 2 aromatic heterocycles. The SMILES string of the molecule is CCOC(=O)Cn1nnnc1CN(Cc1ccc2c(c1)OCO2)Cc1cc2cc3c(cc2[nH]c1=O)OCO3. The van der Waals surface area contributed by atoms with Crippen molar-refractivity contribution in [3.05, 3.63) is 63.7 Å². The van der Waals surface area contributed by atoms with Crippen LogP contribution in [0.1, 0.15) is 23.9 Å². The number of H-pyrrole nitrogens is 1. The quantitative estimate of drug-likeness (QED) is 0.322. The van der Waals surface area contributed by atoms with Gasteiger partial charge in [0, 0.05) is 30.1 Å². The molecule has 6 rings (SSSR count). The summed E-state index contributed by atoms with van der Waals surface area (Å²) < 4.78 is 28.3. The number of esters is 1. The predicted molar refractivity (Wildman–Crippen MR) is 131 cm³/mol. The number of pyridine rings is 1. The third-order valence-corrected chi connectivity index (χ3v) is 6.21. The number of fused-ring (bicyclic) bond motifs is 3. The van der Waals surface area contributed by atoms with E-state index in [2.05, 4.69) is 20.5 Å². The Kier molecular flexibility index (Phi) is 6.25. The summed E-state index contributed by atoms with van der Waals surface area (Å²) in [5.41, 5.74) is 1.92. The van der Waals surface area contributed by atoms with Gasteiger partial charge in [0.25, 0.3) is 5.56 Å². The molecule has 2 aromatic carbocycles. The molecule has 0 fully saturated rings. The fourth-order valence-corrected chi connectivity index (χ4v) is 4.45. The van der Waals surface area contributed by atoms with Gasteiger partial charge in [-0.3, -0.25) is 14.5 Å². The molecule has 13 heteroatoms. The molecule has 0 unspecified atom stereocenters. The minimum atomic E-state index is -0.437. The van der Waals surface area contributed by atoms with Gasteiger partial charge >= 0.3 is 5.97 Å². The van der Waals surface area contributed by atoms with Crippen LogP contribution in [0, 0.1) is 0 Å². The largest absolute Gasteiger partial charge is 0.465 e. The van der Waals surface area contributed by atoms with Gasteiger partial charge in [0.15, 0.2) is 28.8 Å². The number of tetrazole rings is 1. The first-order chi connectivity index (χ1) is 18.6. The molecule has 0 radical (unpaired) electrons. The first-order valence-electron chi connectivity index (χ1n) is 12.0. The predicted octanol–water partition coefficient (Wildman–Crippen LogP) is 1.74. The number of hydrogen-bond donors (Lipinski definition) is 1. The van der Waals surface area contributed by atoms with Crippen molar-refractivity contribution in [2.75, 3.05) is 20.2 Å². The summed E-state index contributed by atoms with van der Waals surface area (Å²) in [6.07, 6.45) is 0. The second-order valence-corrected chi connectivity index (χ2v) is 8.81. The zero-order valence-corrected chi connectivity index (χ0v) is 20.5. The van der Waals surface area contributed by atoms with Crippen molar-refractivity contribution < 1.29 is 28.5 Å². The van der Waals surface area contributed by atoms with E-state index in [-0.39, 0.29) is 45.4 Å². The minimum Gasteiger partial charge on any atom is -0.465 e. The lowest BCUT2D eigenvalue weighted by Crippen LogP contribution is -2.28. The molecule has 0 spiro atoms. The Morgan fingerprint density at radius 1 is 1.00 bits per heavy atom. The molecule has 13 nitrogen and oxygen atoms in total. The minimum absolute atomic E-state index is 0.113. The molecule has 4 aromatic rings. The van der Waals surface area contributed by atoms with Gasteiger partial charge in [0.2, 0.25) is 13.6 Å². The van der Waals surface area contributed by atoms with Gasteiger partial charge in [-0.2, -0.15) is 0 Å². The fraction of sp³-hybridized carbons (Fsp3) is 0.320. The van der Waals surface area contributed by atoms with Gasteiger partial charge in [0.05, 0.1) is 18.7 Å². The molecule has 0 atom stereocenters. The molecular weight excluding hydrogens is 496 g/mol. The molecular formula is C25H24N6O7. The average molecular weight is 521 g/mol. The summed E-state index contributed by atoms with van der Waals surface area (Å²) >= 11 is 0. The van der Waals surface area contributed by atoms with E-state index in [1.165, 1.54) is 4.68 Å². The molecule has 38 heavy (non-hydrogen) atoms. The maximum absolute atomic E-state index is 13.1. The summed E-state index contributed by atoms with van der Waals surface area (Å²) in [7, 11) is 0. The number of aromatic amines is 1. The van der Waals surface area contributed by atoms with Crippen molar-refractivity contribution in [1.29, 1.82) is 0 Å². The van der Waals surface area contributed by atoms with Crippen LogP contribution in [0.5, 0.6) is 23.0 Å². The van der Waals surface area contributed by atoms with E-state index in [1.54, 1.807) is 13.0 Å². The molecule has 0 saturated heterocycles. The van der Waals surface area contributed by atoms with E-state index in [1.807, 2.05) is 35.2 Å². The molecule has 0 amide bonds. The Labute approximate surface area is 215 Å². The smallest absolute Gasteiger partial charge is 0.327 e. The van der Waals surface area contributed by atoms with Gasteiger partial charge in [-0.25, -0.2) is 4.68 Å². The molecule has 0 saturated carbocycles. The number of hydrogen-bond acceptors (Lipinski definition) is 11. The number of carbonyl (C=O) groups excluding carboxylic acids is 1. The van der Waals surface area contributed by atoms with Gasteiger partial charge in [-0.15, -0.1) is 5.10 Å². The van der Waals surface area contributed by atoms with E-state index in [0.717, 1.165) is 10.9 Å². The van der Waals surface area contributed by atoms with Crippen LogP contribution >= 0.6 is 0 Å². The zero-order chi connectivity index (χ0) is 26.1. The Balaban J connectivity index is 1.30. The van der Waals surface area contributed by atoms with Crippen molar-refractivity contribution in [1.82, 2.24) is 30.1 Å². The molecule has 0 aliphatic carbocycles. The highest BCUT2D eigenvalue weighted by Crippen LogP contribution is 2.35. The van der Waals surface area contributed by atoms with Crippen LogP contribution in [0.15, 0.2) is 41.2 Å². The first kappa shape index (κ1) is 23.7. The molecule has 0 bridgehead atoms. The highest BCUT2D eigenvalue weighted by Gasteiger charge is 2.20. The summed E-state index contributed by atoms with van der Waals surface area (Å²) in [4.78, 5) is 30.1. The fourth-order valence-electron chi connectivity index (χ4n) is 4.45. The van der Waals surface area contributed by atoms with Crippen LogP contribution in [-0.4, -0.2) is 56.3 Å². The summed E-state index contributed by atoms with van der Waals surface area (Å²) in [6, 6.07) is 11.1. The maximum atomic E-state index is 13.1. The van der Waals surface area contributed by atoms with Crippen LogP contribution in [-0.2, 0) is 35.7 Å².